The molecule has 0 aliphatic heterocycles. The van der Waals surface area contributed by atoms with Gasteiger partial charge in [0.05, 0.1) is 20.6 Å². The van der Waals surface area contributed by atoms with E-state index in [9.17, 15) is 9.59 Å². The average Bonchev–Trinajstić information content (AvgIpc) is 2.98. The zero-order chi connectivity index (χ0) is 21.1. The van der Waals surface area contributed by atoms with Crippen LogP contribution in [0.3, 0.4) is 0 Å². The molecule has 0 atom stereocenters. The molecule has 0 radical (unpaired) electrons. The van der Waals surface area contributed by atoms with Crippen LogP contribution in [0.15, 0.2) is 24.3 Å². The Hall–Kier alpha value is -2.67. The molecule has 0 fully saturated rings. The lowest BCUT2D eigenvalue weighted by atomic mass is 10.3. The van der Waals surface area contributed by atoms with Crippen molar-refractivity contribution < 1.29 is 42.9 Å². The highest BCUT2D eigenvalue weighted by molar-refractivity contribution is 6.31. The fraction of sp³-hybridized carbons (Fsp3) is 0.278. The predicted octanol–water partition coefficient (Wildman–Crippen LogP) is -2.43. The van der Waals surface area contributed by atoms with Gasteiger partial charge in [0.25, 0.3) is 11.7 Å². The number of nitrogens with one attached hydrogen (secondary N) is 1. The maximum atomic E-state index is 12.6. The first-order chi connectivity index (χ1) is 13.8. The van der Waals surface area contributed by atoms with Crippen LogP contribution in [-0.4, -0.2) is 33.5 Å². The number of benzene rings is 1. The molecule has 10 nitrogen and oxygen atoms in total. The number of rotatable bonds is 6. The van der Waals surface area contributed by atoms with E-state index < -0.39 is 5.91 Å². The van der Waals surface area contributed by atoms with E-state index in [1.165, 1.54) is 7.11 Å². The van der Waals surface area contributed by atoms with Crippen LogP contribution in [0.4, 0.5) is 11.6 Å². The molecule has 3 aromatic rings. The van der Waals surface area contributed by atoms with Gasteiger partial charge < -0.3 is 45.5 Å². The summed E-state index contributed by atoms with van der Waals surface area (Å²) in [6.45, 7) is 0.559. The Labute approximate surface area is 194 Å². The van der Waals surface area contributed by atoms with Crippen LogP contribution in [0, 0.1) is 0 Å². The molecule has 30 heavy (non-hydrogen) atoms. The fourth-order valence-electron chi connectivity index (χ4n) is 3.06. The number of imidazole rings is 1. The molecule has 0 aliphatic carbocycles. The van der Waals surface area contributed by atoms with E-state index in [4.69, 9.17) is 27.8 Å². The zero-order valence-electron chi connectivity index (χ0n) is 16.4. The first kappa shape index (κ1) is 23.6. The minimum Gasteiger partial charge on any atom is -1.00 e. The minimum atomic E-state index is -0.540. The van der Waals surface area contributed by atoms with Crippen molar-refractivity contribution in [3.63, 3.8) is 0 Å². The summed E-state index contributed by atoms with van der Waals surface area (Å²) in [5.74, 6) is -0.242. The van der Waals surface area contributed by atoms with Gasteiger partial charge in [0.1, 0.15) is 13.1 Å². The van der Waals surface area contributed by atoms with Crippen LogP contribution in [0.25, 0.3) is 11.0 Å². The number of ether oxygens (including phenoxy) is 1. The molecule has 0 saturated heterocycles. The summed E-state index contributed by atoms with van der Waals surface area (Å²) >= 11 is 5.85. The normalized spacial score (nSPS) is 10.5. The Morgan fingerprint density at radius 1 is 1.23 bits per heavy atom. The van der Waals surface area contributed by atoms with E-state index in [-0.39, 0.29) is 65.4 Å². The number of aryl methyl sites for hydroxylation is 2. The standard InChI is InChI=1S/C18H20ClN7O3.HI/c1-25-10-5-3-4-6-11(10)26(8-7-13(27)29-2)12(25)9-22-18(28)14-16(20)24-17(21)15(19)23-14;/h3-6H,7-9H2,1-2H3,(H4-,20,21,22,24,28);1H. The SMILES string of the molecule is COC(=O)CCn1c(CNC(=O)c2nc(Cl)c(N)nc2N)[n+](C)c2ccccc21.[I-]. The number of esters is 1. The van der Waals surface area contributed by atoms with Crippen LogP contribution in [0.2, 0.25) is 5.15 Å². The summed E-state index contributed by atoms with van der Waals surface area (Å²) in [5.41, 5.74) is 13.1. The molecule has 0 saturated carbocycles. The molecule has 5 N–H and O–H groups in total. The van der Waals surface area contributed by atoms with Gasteiger partial charge in [0.15, 0.2) is 33.5 Å². The number of para-hydroxylation sites is 2. The van der Waals surface area contributed by atoms with Gasteiger partial charge in [0.2, 0.25) is 0 Å². The predicted molar refractivity (Wildman–Crippen MR) is 107 cm³/mol. The maximum absolute atomic E-state index is 12.6. The van der Waals surface area contributed by atoms with Crippen molar-refractivity contribution in [2.45, 2.75) is 19.5 Å². The molecule has 3 rings (SSSR count). The summed E-state index contributed by atoms with van der Waals surface area (Å²) < 4.78 is 8.64. The van der Waals surface area contributed by atoms with Gasteiger partial charge in [-0.2, -0.15) is 0 Å². The highest BCUT2D eigenvalue weighted by Crippen LogP contribution is 2.18. The molecule has 0 unspecified atom stereocenters. The second-order valence-corrected chi connectivity index (χ2v) is 6.62. The summed E-state index contributed by atoms with van der Waals surface area (Å²) in [6, 6.07) is 7.73. The Kier molecular flexibility index (Phi) is 7.78. The number of nitrogens with zero attached hydrogens (tertiary/aromatic N) is 4. The Morgan fingerprint density at radius 2 is 1.93 bits per heavy atom. The molecular weight excluding hydrogens is 525 g/mol. The quantitative estimate of drug-likeness (QED) is 0.178. The molecule has 0 spiro atoms. The van der Waals surface area contributed by atoms with Crippen LogP contribution in [0.5, 0.6) is 0 Å². The van der Waals surface area contributed by atoms with Crippen molar-refractivity contribution in [2.75, 3.05) is 18.6 Å². The number of carbonyl (C=O) groups excluding carboxylic acids is 2. The number of nitrogen functional groups attached to an aromatic ring is 2. The Bertz CT molecular complexity index is 1100. The number of carbonyl (C=O) groups is 2. The van der Waals surface area contributed by atoms with E-state index in [0.29, 0.717) is 6.54 Å². The summed E-state index contributed by atoms with van der Waals surface area (Å²) in [4.78, 5) is 31.9. The number of amides is 1. The van der Waals surface area contributed by atoms with E-state index in [2.05, 4.69) is 15.3 Å². The van der Waals surface area contributed by atoms with Crippen molar-refractivity contribution in [1.29, 1.82) is 0 Å². The minimum absolute atomic E-state index is 0. The monoisotopic (exact) mass is 545 g/mol. The molecular formula is C18H21ClIN7O3. The van der Waals surface area contributed by atoms with E-state index in [1.54, 1.807) is 0 Å². The van der Waals surface area contributed by atoms with Gasteiger partial charge in [0, 0.05) is 0 Å². The number of anilines is 2. The van der Waals surface area contributed by atoms with Crippen molar-refractivity contribution in [1.82, 2.24) is 19.9 Å². The Balaban J connectivity index is 0.00000320. The number of hydrogen-bond donors (Lipinski definition) is 3. The summed E-state index contributed by atoms with van der Waals surface area (Å²) in [5, 5.41) is 2.67. The highest BCUT2D eigenvalue weighted by atomic mass is 127. The van der Waals surface area contributed by atoms with Crippen LogP contribution >= 0.6 is 11.6 Å². The molecule has 0 aliphatic rings. The number of fused-ring (bicyclic) bond motifs is 1. The number of methoxy groups -OCH3 is 1. The first-order valence-corrected chi connectivity index (χ1v) is 9.11. The molecule has 2 aromatic heterocycles. The number of hydrogen-bond acceptors (Lipinski definition) is 7. The Morgan fingerprint density at radius 3 is 2.63 bits per heavy atom. The van der Waals surface area contributed by atoms with Gasteiger partial charge >= 0.3 is 5.97 Å². The molecule has 0 bridgehead atoms. The maximum Gasteiger partial charge on any atom is 0.309 e. The molecule has 12 heteroatoms. The lowest BCUT2D eigenvalue weighted by Gasteiger charge is -2.08. The largest absolute Gasteiger partial charge is 1.00 e. The van der Waals surface area contributed by atoms with Crippen LogP contribution in [-0.2, 0) is 29.7 Å². The van der Waals surface area contributed by atoms with E-state index in [1.807, 2.05) is 40.4 Å². The first-order valence-electron chi connectivity index (χ1n) is 8.73. The molecule has 1 aromatic carbocycles. The third-order valence-electron chi connectivity index (χ3n) is 4.53. The smallest absolute Gasteiger partial charge is 0.309 e. The number of aromatic nitrogens is 4. The zero-order valence-corrected chi connectivity index (χ0v) is 19.3. The van der Waals surface area contributed by atoms with Gasteiger partial charge in [-0.05, 0) is 12.1 Å². The average molecular weight is 546 g/mol. The van der Waals surface area contributed by atoms with Gasteiger partial charge in [-0.25, -0.2) is 19.1 Å². The van der Waals surface area contributed by atoms with Gasteiger partial charge in [-0.15, -0.1) is 0 Å². The van der Waals surface area contributed by atoms with Crippen molar-refractivity contribution in [3.8, 4) is 0 Å². The van der Waals surface area contributed by atoms with Crippen LogP contribution < -0.4 is 45.3 Å². The fourth-order valence-corrected chi connectivity index (χ4v) is 3.18. The topological polar surface area (TPSA) is 142 Å². The number of halogens is 2. The lowest BCUT2D eigenvalue weighted by Crippen LogP contribution is -3.00. The molecule has 1 amide bonds. The van der Waals surface area contributed by atoms with Crippen molar-refractivity contribution in [2.24, 2.45) is 7.05 Å². The van der Waals surface area contributed by atoms with Gasteiger partial charge in [-0.1, -0.05) is 23.7 Å². The van der Waals surface area contributed by atoms with Crippen LogP contribution in [0.1, 0.15) is 22.7 Å². The van der Waals surface area contributed by atoms with E-state index >= 15 is 0 Å². The second-order valence-electron chi connectivity index (χ2n) is 6.26. The number of nitrogens with two attached hydrogens (primary N) is 2. The second kappa shape index (κ2) is 9.89. The summed E-state index contributed by atoms with van der Waals surface area (Å²) in [7, 11) is 3.23. The lowest BCUT2D eigenvalue weighted by molar-refractivity contribution is -0.654. The third-order valence-corrected chi connectivity index (χ3v) is 4.80. The third kappa shape index (κ3) is 4.73. The van der Waals surface area contributed by atoms with Gasteiger partial charge in [-0.3, -0.25) is 9.59 Å². The van der Waals surface area contributed by atoms with Crippen molar-refractivity contribution in [3.05, 3.63) is 40.9 Å². The molecule has 160 valence electrons. The summed E-state index contributed by atoms with van der Waals surface area (Å²) in [6.07, 6.45) is 0.197. The molecule has 2 heterocycles. The van der Waals surface area contributed by atoms with E-state index in [0.717, 1.165) is 16.9 Å². The van der Waals surface area contributed by atoms with Crippen molar-refractivity contribution >= 4 is 46.1 Å². The highest BCUT2D eigenvalue weighted by Gasteiger charge is 2.24.